The van der Waals surface area contributed by atoms with Crippen LogP contribution in [0.1, 0.15) is 6.42 Å². The van der Waals surface area contributed by atoms with Crippen molar-refractivity contribution in [1.82, 2.24) is 14.6 Å². The van der Waals surface area contributed by atoms with Crippen molar-refractivity contribution in [2.45, 2.75) is 6.42 Å². The van der Waals surface area contributed by atoms with Crippen molar-refractivity contribution in [3.63, 3.8) is 0 Å². The van der Waals surface area contributed by atoms with Crippen LogP contribution >= 0.6 is 15.9 Å². The summed E-state index contributed by atoms with van der Waals surface area (Å²) in [6, 6.07) is 3.66. The average molecular weight is 299 g/mol. The number of fused-ring (bicyclic) bond motifs is 1. The number of hydrogen-bond donors (Lipinski definition) is 1. The maximum Gasteiger partial charge on any atom is 0.307 e. The monoisotopic (exact) mass is 298 g/mol. The van der Waals surface area contributed by atoms with Crippen molar-refractivity contribution in [3.8, 4) is 0 Å². The van der Waals surface area contributed by atoms with Crippen molar-refractivity contribution in [3.05, 3.63) is 22.9 Å². The summed E-state index contributed by atoms with van der Waals surface area (Å²) in [4.78, 5) is 15.1. The summed E-state index contributed by atoms with van der Waals surface area (Å²) in [6.07, 6.45) is 1.99. The van der Waals surface area contributed by atoms with Gasteiger partial charge in [0.15, 0.2) is 5.65 Å². The molecule has 0 saturated carbocycles. The molecular formula is C10H11BrN4O2. The van der Waals surface area contributed by atoms with Crippen molar-refractivity contribution >= 4 is 33.4 Å². The van der Waals surface area contributed by atoms with Gasteiger partial charge in [-0.25, -0.2) is 9.50 Å². The van der Waals surface area contributed by atoms with E-state index in [9.17, 15) is 4.79 Å². The molecule has 0 bridgehead atoms. The molecule has 0 unspecified atom stereocenters. The first kappa shape index (κ1) is 11.8. The van der Waals surface area contributed by atoms with E-state index >= 15 is 0 Å². The van der Waals surface area contributed by atoms with Gasteiger partial charge in [-0.1, -0.05) is 0 Å². The van der Waals surface area contributed by atoms with Crippen LogP contribution in [0.25, 0.3) is 5.65 Å². The van der Waals surface area contributed by atoms with Crippen molar-refractivity contribution < 1.29 is 9.53 Å². The molecule has 1 N–H and O–H groups in total. The van der Waals surface area contributed by atoms with Gasteiger partial charge in [-0.05, 0) is 28.1 Å². The van der Waals surface area contributed by atoms with E-state index in [2.05, 4.69) is 36.1 Å². The number of carbonyl (C=O) groups excluding carboxylic acids is 1. The summed E-state index contributed by atoms with van der Waals surface area (Å²) in [5, 5.41) is 7.34. The Morgan fingerprint density at radius 2 is 2.41 bits per heavy atom. The lowest BCUT2D eigenvalue weighted by molar-refractivity contribution is -0.140. The van der Waals surface area contributed by atoms with E-state index in [0.29, 0.717) is 18.8 Å². The second-order valence-electron chi connectivity index (χ2n) is 3.32. The zero-order valence-electron chi connectivity index (χ0n) is 9.18. The molecular weight excluding hydrogens is 288 g/mol. The molecule has 2 heterocycles. The van der Waals surface area contributed by atoms with Crippen molar-refractivity contribution in [1.29, 1.82) is 0 Å². The fourth-order valence-electron chi connectivity index (χ4n) is 1.33. The molecule has 2 aromatic heterocycles. The summed E-state index contributed by atoms with van der Waals surface area (Å²) < 4.78 is 6.99. The third-order valence-corrected chi connectivity index (χ3v) is 2.72. The second-order valence-corrected chi connectivity index (χ2v) is 4.13. The molecule has 0 saturated heterocycles. The molecule has 0 aromatic carbocycles. The lowest BCUT2D eigenvalue weighted by atomic mass is 10.4. The molecule has 0 aliphatic heterocycles. The maximum atomic E-state index is 10.9. The summed E-state index contributed by atoms with van der Waals surface area (Å²) in [6.45, 7) is 0.484. The average Bonchev–Trinajstić information content (AvgIpc) is 2.71. The molecule has 90 valence electrons. The maximum absolute atomic E-state index is 10.9. The van der Waals surface area contributed by atoms with Crippen LogP contribution in [0, 0.1) is 0 Å². The molecule has 0 radical (unpaired) electrons. The van der Waals surface area contributed by atoms with Gasteiger partial charge in [-0.3, -0.25) is 4.79 Å². The summed E-state index contributed by atoms with van der Waals surface area (Å²) >= 11 is 3.34. The molecule has 2 rings (SSSR count). The lowest BCUT2D eigenvalue weighted by Gasteiger charge is -2.04. The number of anilines is 1. The fraction of sp³-hybridized carbons (Fsp3) is 0.300. The minimum atomic E-state index is -0.248. The number of nitrogens with one attached hydrogen (secondary N) is 1. The fourth-order valence-corrected chi connectivity index (χ4v) is 1.70. The van der Waals surface area contributed by atoms with Crippen LogP contribution in [0.5, 0.6) is 0 Å². The summed E-state index contributed by atoms with van der Waals surface area (Å²) in [7, 11) is 1.37. The Balaban J connectivity index is 2.04. The van der Waals surface area contributed by atoms with Gasteiger partial charge >= 0.3 is 5.97 Å². The van der Waals surface area contributed by atoms with Crippen LogP contribution in [0.3, 0.4) is 0 Å². The Morgan fingerprint density at radius 1 is 1.59 bits per heavy atom. The molecule has 2 aromatic rings. The number of ether oxygens (including phenoxy) is 1. The second kappa shape index (κ2) is 5.13. The number of aromatic nitrogens is 3. The van der Waals surface area contributed by atoms with E-state index in [1.165, 1.54) is 7.11 Å². The van der Waals surface area contributed by atoms with Gasteiger partial charge in [0.1, 0.15) is 10.4 Å². The Labute approximate surface area is 106 Å². The van der Waals surface area contributed by atoms with Gasteiger partial charge in [-0.15, -0.1) is 5.10 Å². The lowest BCUT2D eigenvalue weighted by Crippen LogP contribution is -2.11. The van der Waals surface area contributed by atoms with E-state index in [0.717, 1.165) is 10.3 Å². The molecule has 0 atom stereocenters. The molecule has 0 fully saturated rings. The zero-order chi connectivity index (χ0) is 12.3. The van der Waals surface area contributed by atoms with Gasteiger partial charge in [0, 0.05) is 6.54 Å². The van der Waals surface area contributed by atoms with Crippen LogP contribution in [0.4, 0.5) is 5.82 Å². The van der Waals surface area contributed by atoms with Crippen molar-refractivity contribution in [2.24, 2.45) is 0 Å². The van der Waals surface area contributed by atoms with Crippen LogP contribution in [-0.2, 0) is 9.53 Å². The van der Waals surface area contributed by atoms with E-state index in [1.54, 1.807) is 10.7 Å². The SMILES string of the molecule is COC(=O)CCNc1ccc2ncc(Br)n2n1. The van der Waals surface area contributed by atoms with Crippen LogP contribution in [0.2, 0.25) is 0 Å². The predicted molar refractivity (Wildman–Crippen MR) is 65.8 cm³/mol. The molecule has 0 aliphatic carbocycles. The topological polar surface area (TPSA) is 68.5 Å². The highest BCUT2D eigenvalue weighted by Crippen LogP contribution is 2.13. The van der Waals surface area contributed by atoms with E-state index in [1.807, 2.05) is 12.1 Å². The first-order chi connectivity index (χ1) is 8.20. The van der Waals surface area contributed by atoms with E-state index in [-0.39, 0.29) is 5.97 Å². The smallest absolute Gasteiger partial charge is 0.307 e. The first-order valence-electron chi connectivity index (χ1n) is 5.01. The number of esters is 1. The van der Waals surface area contributed by atoms with Gasteiger partial charge in [-0.2, -0.15) is 0 Å². The minimum Gasteiger partial charge on any atom is -0.469 e. The molecule has 0 amide bonds. The Morgan fingerprint density at radius 3 is 3.18 bits per heavy atom. The largest absolute Gasteiger partial charge is 0.469 e. The van der Waals surface area contributed by atoms with Gasteiger partial charge in [0.25, 0.3) is 0 Å². The molecule has 0 aliphatic rings. The van der Waals surface area contributed by atoms with Gasteiger partial charge in [0.05, 0.1) is 19.7 Å². The van der Waals surface area contributed by atoms with E-state index < -0.39 is 0 Å². The number of halogens is 1. The summed E-state index contributed by atoms with van der Waals surface area (Å²) in [5.74, 6) is 0.433. The number of imidazole rings is 1. The molecule has 7 heteroatoms. The van der Waals surface area contributed by atoms with Gasteiger partial charge in [0.2, 0.25) is 0 Å². The normalized spacial score (nSPS) is 10.5. The Kier molecular flexibility index (Phi) is 3.58. The zero-order valence-corrected chi connectivity index (χ0v) is 10.8. The number of nitrogens with zero attached hydrogens (tertiary/aromatic N) is 3. The first-order valence-corrected chi connectivity index (χ1v) is 5.81. The number of carbonyl (C=O) groups is 1. The van der Waals surface area contributed by atoms with Crippen molar-refractivity contribution in [2.75, 3.05) is 19.0 Å². The Bertz CT molecular complexity index is 540. The van der Waals surface area contributed by atoms with Crippen LogP contribution < -0.4 is 5.32 Å². The van der Waals surface area contributed by atoms with Crippen LogP contribution in [-0.4, -0.2) is 34.2 Å². The summed E-state index contributed by atoms with van der Waals surface area (Å²) in [5.41, 5.74) is 0.760. The van der Waals surface area contributed by atoms with Crippen LogP contribution in [0.15, 0.2) is 22.9 Å². The highest BCUT2D eigenvalue weighted by atomic mass is 79.9. The Hall–Kier alpha value is -1.63. The third-order valence-electron chi connectivity index (χ3n) is 2.18. The molecule has 0 spiro atoms. The minimum absolute atomic E-state index is 0.248. The number of methoxy groups -OCH3 is 1. The third kappa shape index (κ3) is 2.73. The van der Waals surface area contributed by atoms with Gasteiger partial charge < -0.3 is 10.1 Å². The molecule has 17 heavy (non-hydrogen) atoms. The predicted octanol–water partition coefficient (Wildman–Crippen LogP) is 1.47. The highest BCUT2D eigenvalue weighted by molar-refractivity contribution is 9.10. The molecule has 6 nitrogen and oxygen atoms in total. The number of hydrogen-bond acceptors (Lipinski definition) is 5. The number of rotatable bonds is 4. The quantitative estimate of drug-likeness (QED) is 0.866. The standard InChI is InChI=1S/C10H11BrN4O2/c1-17-10(16)4-5-12-8-2-3-9-13-6-7(11)15(9)14-8/h2-3,6H,4-5H2,1H3,(H,12,14). The van der Waals surface area contributed by atoms with E-state index in [4.69, 9.17) is 0 Å². The highest BCUT2D eigenvalue weighted by Gasteiger charge is 2.04.